The summed E-state index contributed by atoms with van der Waals surface area (Å²) in [6.07, 6.45) is 6.65. The first-order valence-electron chi connectivity index (χ1n) is 7.36. The van der Waals surface area contributed by atoms with Gasteiger partial charge in [0.25, 0.3) is 0 Å². The third-order valence-electron chi connectivity index (χ3n) is 4.45. The van der Waals surface area contributed by atoms with Crippen molar-refractivity contribution in [2.75, 3.05) is 33.2 Å². The molecule has 0 saturated carbocycles. The molecule has 0 N–H and O–H groups in total. The van der Waals surface area contributed by atoms with Crippen LogP contribution in [0.25, 0.3) is 0 Å². The number of hydrogen-bond donors (Lipinski definition) is 0. The molecule has 3 nitrogen and oxygen atoms in total. The summed E-state index contributed by atoms with van der Waals surface area (Å²) in [5.41, 5.74) is 2.87. The Kier molecular flexibility index (Phi) is 4.81. The van der Waals surface area contributed by atoms with E-state index in [1.165, 1.54) is 18.4 Å². The SMILES string of the molecule is C=C(C)[C@@H]1CC=C(CN2CCC(=O)N(C)CC2)CC1. The fourth-order valence-corrected chi connectivity index (χ4v) is 2.90. The molecule has 0 aromatic rings. The van der Waals surface area contributed by atoms with E-state index < -0.39 is 0 Å². The quantitative estimate of drug-likeness (QED) is 0.729. The predicted molar refractivity (Wildman–Crippen MR) is 78.9 cm³/mol. The summed E-state index contributed by atoms with van der Waals surface area (Å²) in [5, 5.41) is 0. The summed E-state index contributed by atoms with van der Waals surface area (Å²) in [6, 6.07) is 0. The maximum Gasteiger partial charge on any atom is 0.223 e. The zero-order valence-electron chi connectivity index (χ0n) is 12.3. The zero-order valence-corrected chi connectivity index (χ0v) is 12.3. The summed E-state index contributed by atoms with van der Waals surface area (Å²) in [4.78, 5) is 15.9. The minimum atomic E-state index is 0.280. The molecule has 1 aliphatic carbocycles. The van der Waals surface area contributed by atoms with Gasteiger partial charge in [0.05, 0.1) is 0 Å². The second-order valence-corrected chi connectivity index (χ2v) is 6.02. The van der Waals surface area contributed by atoms with E-state index in [1.807, 2.05) is 11.9 Å². The molecule has 1 fully saturated rings. The van der Waals surface area contributed by atoms with E-state index in [-0.39, 0.29) is 5.91 Å². The highest BCUT2D eigenvalue weighted by Gasteiger charge is 2.20. The van der Waals surface area contributed by atoms with Gasteiger partial charge in [-0.15, -0.1) is 0 Å². The van der Waals surface area contributed by atoms with Gasteiger partial charge in [0.15, 0.2) is 0 Å². The lowest BCUT2D eigenvalue weighted by molar-refractivity contribution is -0.129. The molecule has 1 amide bonds. The van der Waals surface area contributed by atoms with Gasteiger partial charge in [-0.3, -0.25) is 9.69 Å². The summed E-state index contributed by atoms with van der Waals surface area (Å²) in [5.74, 6) is 0.961. The van der Waals surface area contributed by atoms with E-state index in [9.17, 15) is 4.79 Å². The third kappa shape index (κ3) is 3.93. The Morgan fingerprint density at radius 3 is 2.79 bits per heavy atom. The molecular weight excluding hydrogens is 236 g/mol. The minimum absolute atomic E-state index is 0.280. The smallest absolute Gasteiger partial charge is 0.223 e. The Balaban J connectivity index is 1.85. The first-order chi connectivity index (χ1) is 9.06. The lowest BCUT2D eigenvalue weighted by Gasteiger charge is -2.26. The van der Waals surface area contributed by atoms with E-state index >= 15 is 0 Å². The van der Waals surface area contributed by atoms with Crippen LogP contribution in [0, 0.1) is 5.92 Å². The first-order valence-corrected chi connectivity index (χ1v) is 7.36. The molecule has 0 aromatic heterocycles. The molecule has 2 aliphatic rings. The molecule has 19 heavy (non-hydrogen) atoms. The molecule has 0 unspecified atom stereocenters. The monoisotopic (exact) mass is 262 g/mol. The van der Waals surface area contributed by atoms with Crippen LogP contribution in [0.15, 0.2) is 23.8 Å². The Labute approximate surface area is 117 Å². The fourth-order valence-electron chi connectivity index (χ4n) is 2.90. The molecule has 1 aliphatic heterocycles. The zero-order chi connectivity index (χ0) is 13.8. The van der Waals surface area contributed by atoms with Gasteiger partial charge in [-0.05, 0) is 32.1 Å². The Bertz CT molecular complexity index is 386. The van der Waals surface area contributed by atoms with Crippen molar-refractivity contribution in [1.82, 2.24) is 9.80 Å². The average Bonchev–Trinajstić information content (AvgIpc) is 2.55. The fraction of sp³-hybridized carbons (Fsp3) is 0.688. The number of hydrogen-bond acceptors (Lipinski definition) is 2. The van der Waals surface area contributed by atoms with Crippen molar-refractivity contribution in [2.45, 2.75) is 32.6 Å². The van der Waals surface area contributed by atoms with Gasteiger partial charge in [-0.2, -0.15) is 0 Å². The van der Waals surface area contributed by atoms with Gasteiger partial charge >= 0.3 is 0 Å². The highest BCUT2D eigenvalue weighted by molar-refractivity contribution is 5.76. The number of likely N-dealkylation sites (N-methyl/N-ethyl adjacent to an activating group) is 1. The van der Waals surface area contributed by atoms with Crippen LogP contribution in [0.5, 0.6) is 0 Å². The van der Waals surface area contributed by atoms with E-state index in [0.29, 0.717) is 12.3 Å². The van der Waals surface area contributed by atoms with Crippen LogP contribution < -0.4 is 0 Å². The molecule has 1 saturated heterocycles. The normalized spacial score (nSPS) is 26.0. The van der Waals surface area contributed by atoms with Crippen molar-refractivity contribution >= 4 is 5.91 Å². The second-order valence-electron chi connectivity index (χ2n) is 6.02. The summed E-state index contributed by atoms with van der Waals surface area (Å²) < 4.78 is 0. The van der Waals surface area contributed by atoms with E-state index in [0.717, 1.165) is 32.6 Å². The Hall–Kier alpha value is -1.09. The van der Waals surface area contributed by atoms with Gasteiger partial charge in [0.2, 0.25) is 5.91 Å². The standard InChI is InChI=1S/C16H26N2O/c1-13(2)15-6-4-14(5-7-15)12-18-9-8-16(19)17(3)10-11-18/h4,15H,1,5-12H2,2-3H3/t15-/m1/s1. The topological polar surface area (TPSA) is 23.6 Å². The maximum absolute atomic E-state index is 11.6. The number of rotatable bonds is 3. The minimum Gasteiger partial charge on any atom is -0.344 e. The van der Waals surface area contributed by atoms with Gasteiger partial charge in [0.1, 0.15) is 0 Å². The van der Waals surface area contributed by atoms with E-state index in [4.69, 9.17) is 0 Å². The summed E-state index contributed by atoms with van der Waals surface area (Å²) in [6.45, 7) is 10.0. The molecule has 3 heteroatoms. The van der Waals surface area contributed by atoms with Crippen molar-refractivity contribution in [2.24, 2.45) is 5.92 Å². The highest BCUT2D eigenvalue weighted by atomic mass is 16.2. The Morgan fingerprint density at radius 2 is 2.16 bits per heavy atom. The lowest BCUT2D eigenvalue weighted by atomic mass is 9.85. The molecule has 0 aromatic carbocycles. The molecule has 1 atom stereocenters. The van der Waals surface area contributed by atoms with Crippen LogP contribution in [0.1, 0.15) is 32.6 Å². The van der Waals surface area contributed by atoms with Crippen molar-refractivity contribution in [1.29, 1.82) is 0 Å². The largest absolute Gasteiger partial charge is 0.344 e. The van der Waals surface area contributed by atoms with Gasteiger partial charge in [0, 0.05) is 39.6 Å². The lowest BCUT2D eigenvalue weighted by Crippen LogP contribution is -2.31. The van der Waals surface area contributed by atoms with Gasteiger partial charge < -0.3 is 4.90 Å². The van der Waals surface area contributed by atoms with Crippen LogP contribution in [0.3, 0.4) is 0 Å². The van der Waals surface area contributed by atoms with Crippen LogP contribution in [-0.2, 0) is 4.79 Å². The number of amides is 1. The predicted octanol–water partition coefficient (Wildman–Crippen LogP) is 2.45. The number of allylic oxidation sites excluding steroid dienone is 2. The van der Waals surface area contributed by atoms with Gasteiger partial charge in [-0.25, -0.2) is 0 Å². The number of carbonyl (C=O) groups is 1. The summed E-state index contributed by atoms with van der Waals surface area (Å²) >= 11 is 0. The van der Waals surface area contributed by atoms with Gasteiger partial charge in [-0.1, -0.05) is 23.8 Å². The molecule has 106 valence electrons. The maximum atomic E-state index is 11.6. The van der Waals surface area contributed by atoms with Crippen molar-refractivity contribution < 1.29 is 4.79 Å². The van der Waals surface area contributed by atoms with Crippen molar-refractivity contribution in [3.8, 4) is 0 Å². The highest BCUT2D eigenvalue weighted by Crippen LogP contribution is 2.28. The number of nitrogens with zero attached hydrogens (tertiary/aromatic N) is 2. The van der Waals surface area contributed by atoms with Crippen LogP contribution in [-0.4, -0.2) is 48.9 Å². The molecule has 0 spiro atoms. The van der Waals surface area contributed by atoms with Crippen molar-refractivity contribution in [3.63, 3.8) is 0 Å². The van der Waals surface area contributed by atoms with Crippen LogP contribution in [0.2, 0.25) is 0 Å². The summed E-state index contributed by atoms with van der Waals surface area (Å²) in [7, 11) is 1.91. The van der Waals surface area contributed by atoms with Crippen molar-refractivity contribution in [3.05, 3.63) is 23.8 Å². The third-order valence-corrected chi connectivity index (χ3v) is 4.45. The molecule has 0 radical (unpaired) electrons. The molecule has 0 bridgehead atoms. The Morgan fingerprint density at radius 1 is 1.37 bits per heavy atom. The van der Waals surface area contributed by atoms with Crippen LogP contribution >= 0.6 is 0 Å². The van der Waals surface area contributed by atoms with E-state index in [2.05, 4.69) is 24.5 Å². The van der Waals surface area contributed by atoms with Crippen LogP contribution in [0.4, 0.5) is 0 Å². The molecule has 2 rings (SSSR count). The molecule has 1 heterocycles. The second kappa shape index (κ2) is 6.38. The number of carbonyl (C=O) groups excluding carboxylic acids is 1. The first kappa shape index (κ1) is 14.3. The molecular formula is C16H26N2O. The van der Waals surface area contributed by atoms with E-state index in [1.54, 1.807) is 5.57 Å². The average molecular weight is 262 g/mol.